The standard InChI is InChI=1S/C14H16Cl2N2O/c15-11-8-17-13(16)7-10(11)14(19)18-6-2-4-9-3-1-5-12(9)18/h7-9,12H,1-6H2. The Morgan fingerprint density at radius 3 is 2.89 bits per heavy atom. The lowest BCUT2D eigenvalue weighted by molar-refractivity contribution is 0.0548. The summed E-state index contributed by atoms with van der Waals surface area (Å²) in [6, 6.07) is 1.97. The first-order chi connectivity index (χ1) is 9.16. The fourth-order valence-corrected chi connectivity index (χ4v) is 3.78. The minimum atomic E-state index is 0.00546. The molecule has 2 heterocycles. The molecule has 1 saturated carbocycles. The average Bonchev–Trinajstić information content (AvgIpc) is 2.89. The molecule has 1 aliphatic carbocycles. The lowest BCUT2D eigenvalue weighted by Crippen LogP contribution is -2.46. The number of likely N-dealkylation sites (tertiary alicyclic amines) is 1. The molecule has 102 valence electrons. The van der Waals surface area contributed by atoms with Gasteiger partial charge < -0.3 is 4.90 Å². The Bertz CT molecular complexity index is 506. The summed E-state index contributed by atoms with van der Waals surface area (Å²) in [5.74, 6) is 0.680. The van der Waals surface area contributed by atoms with Crippen molar-refractivity contribution in [2.24, 2.45) is 5.92 Å². The molecule has 1 saturated heterocycles. The summed E-state index contributed by atoms with van der Waals surface area (Å²) >= 11 is 12.0. The van der Waals surface area contributed by atoms with Crippen LogP contribution in [0.1, 0.15) is 42.5 Å². The van der Waals surface area contributed by atoms with Gasteiger partial charge in [0.2, 0.25) is 0 Å². The number of aromatic nitrogens is 1. The van der Waals surface area contributed by atoms with Crippen molar-refractivity contribution in [3.8, 4) is 0 Å². The molecule has 2 aliphatic rings. The topological polar surface area (TPSA) is 33.2 Å². The minimum absolute atomic E-state index is 0.00546. The number of amides is 1. The molecule has 2 fully saturated rings. The van der Waals surface area contributed by atoms with Gasteiger partial charge in [-0.25, -0.2) is 4.98 Å². The summed E-state index contributed by atoms with van der Waals surface area (Å²) in [6.07, 6.45) is 7.38. The highest BCUT2D eigenvalue weighted by molar-refractivity contribution is 6.35. The molecule has 1 aromatic rings. The van der Waals surface area contributed by atoms with Crippen molar-refractivity contribution in [2.75, 3.05) is 6.54 Å². The second kappa shape index (κ2) is 5.29. The molecule has 5 heteroatoms. The average molecular weight is 299 g/mol. The van der Waals surface area contributed by atoms with E-state index in [0.29, 0.717) is 27.7 Å². The molecule has 1 amide bonds. The number of hydrogen-bond acceptors (Lipinski definition) is 2. The van der Waals surface area contributed by atoms with Crippen LogP contribution in [0.5, 0.6) is 0 Å². The van der Waals surface area contributed by atoms with Gasteiger partial charge in [0.1, 0.15) is 5.15 Å². The number of fused-ring (bicyclic) bond motifs is 1. The highest BCUT2D eigenvalue weighted by Gasteiger charge is 2.38. The molecule has 2 unspecified atom stereocenters. The fraction of sp³-hybridized carbons (Fsp3) is 0.571. The van der Waals surface area contributed by atoms with Crippen LogP contribution < -0.4 is 0 Å². The SMILES string of the molecule is O=C(c1cc(Cl)ncc1Cl)N1CCCC2CCCC21. The van der Waals surface area contributed by atoms with Gasteiger partial charge >= 0.3 is 0 Å². The van der Waals surface area contributed by atoms with Gasteiger partial charge in [-0.3, -0.25) is 4.79 Å². The van der Waals surface area contributed by atoms with Crippen molar-refractivity contribution < 1.29 is 4.79 Å². The Labute approximate surface area is 122 Å². The summed E-state index contributed by atoms with van der Waals surface area (Å²) in [5.41, 5.74) is 0.481. The monoisotopic (exact) mass is 298 g/mol. The highest BCUT2D eigenvalue weighted by atomic mass is 35.5. The summed E-state index contributed by atoms with van der Waals surface area (Å²) in [4.78, 5) is 18.6. The van der Waals surface area contributed by atoms with Gasteiger partial charge in [-0.15, -0.1) is 0 Å². The lowest BCUT2D eigenvalue weighted by Gasteiger charge is -2.38. The van der Waals surface area contributed by atoms with E-state index in [-0.39, 0.29) is 5.91 Å². The largest absolute Gasteiger partial charge is 0.335 e. The zero-order valence-electron chi connectivity index (χ0n) is 10.6. The predicted molar refractivity (Wildman–Crippen MR) is 75.7 cm³/mol. The van der Waals surface area contributed by atoms with Crippen molar-refractivity contribution >= 4 is 29.1 Å². The van der Waals surface area contributed by atoms with E-state index in [1.54, 1.807) is 6.07 Å². The van der Waals surface area contributed by atoms with Crippen LogP contribution in [0, 0.1) is 5.92 Å². The molecule has 1 aliphatic heterocycles. The Hall–Kier alpha value is -0.800. The molecule has 0 N–H and O–H groups in total. The van der Waals surface area contributed by atoms with Gasteiger partial charge in [-0.05, 0) is 37.7 Å². The third-order valence-electron chi connectivity index (χ3n) is 4.31. The number of nitrogens with zero attached hydrogens (tertiary/aromatic N) is 2. The number of rotatable bonds is 1. The van der Waals surface area contributed by atoms with Crippen LogP contribution in [0.3, 0.4) is 0 Å². The van der Waals surface area contributed by atoms with Crippen molar-refractivity contribution in [3.63, 3.8) is 0 Å². The van der Waals surface area contributed by atoms with Crippen LogP contribution in [-0.2, 0) is 0 Å². The molecule has 0 aromatic carbocycles. The Kier molecular flexibility index (Phi) is 3.68. The number of piperidine rings is 1. The summed E-state index contributed by atoms with van der Waals surface area (Å²) in [6.45, 7) is 0.830. The zero-order chi connectivity index (χ0) is 13.4. The smallest absolute Gasteiger partial charge is 0.255 e. The second-order valence-electron chi connectivity index (χ2n) is 5.39. The first kappa shape index (κ1) is 13.2. The highest BCUT2D eigenvalue weighted by Crippen LogP contribution is 2.37. The second-order valence-corrected chi connectivity index (χ2v) is 6.18. The van der Waals surface area contributed by atoms with Crippen LogP contribution in [0.15, 0.2) is 12.3 Å². The van der Waals surface area contributed by atoms with Gasteiger partial charge in [0.05, 0.1) is 10.6 Å². The number of hydrogen-bond donors (Lipinski definition) is 0. The number of carbonyl (C=O) groups is 1. The fourth-order valence-electron chi connectivity index (χ4n) is 3.44. The van der Waals surface area contributed by atoms with Crippen LogP contribution in [0.4, 0.5) is 0 Å². The summed E-state index contributed by atoms with van der Waals surface area (Å²) in [7, 11) is 0. The molecule has 0 bridgehead atoms. The maximum Gasteiger partial charge on any atom is 0.255 e. The molecule has 0 spiro atoms. The van der Waals surface area contributed by atoms with E-state index in [4.69, 9.17) is 23.2 Å². The predicted octanol–water partition coefficient (Wildman–Crippen LogP) is 3.79. The van der Waals surface area contributed by atoms with E-state index in [2.05, 4.69) is 4.98 Å². The Morgan fingerprint density at radius 2 is 2.05 bits per heavy atom. The van der Waals surface area contributed by atoms with Crippen molar-refractivity contribution in [2.45, 2.75) is 38.1 Å². The van der Waals surface area contributed by atoms with Gasteiger partial charge in [0, 0.05) is 18.8 Å². The van der Waals surface area contributed by atoms with Crippen LogP contribution in [-0.4, -0.2) is 28.4 Å². The third-order valence-corrected chi connectivity index (χ3v) is 4.81. The number of pyridine rings is 1. The van der Waals surface area contributed by atoms with E-state index in [0.717, 1.165) is 19.4 Å². The van der Waals surface area contributed by atoms with Gasteiger partial charge in [-0.2, -0.15) is 0 Å². The van der Waals surface area contributed by atoms with Crippen molar-refractivity contribution in [3.05, 3.63) is 28.0 Å². The molecule has 19 heavy (non-hydrogen) atoms. The number of halogens is 2. The van der Waals surface area contributed by atoms with E-state index in [9.17, 15) is 4.79 Å². The molecular weight excluding hydrogens is 283 g/mol. The maximum atomic E-state index is 12.7. The molecule has 3 nitrogen and oxygen atoms in total. The van der Waals surface area contributed by atoms with E-state index in [1.165, 1.54) is 25.5 Å². The lowest BCUT2D eigenvalue weighted by atomic mass is 9.91. The summed E-state index contributed by atoms with van der Waals surface area (Å²) < 4.78 is 0. The van der Waals surface area contributed by atoms with Crippen molar-refractivity contribution in [1.29, 1.82) is 0 Å². The molecule has 1 aromatic heterocycles. The zero-order valence-corrected chi connectivity index (χ0v) is 12.1. The first-order valence-electron chi connectivity index (χ1n) is 6.79. The third kappa shape index (κ3) is 2.46. The van der Waals surface area contributed by atoms with Gasteiger partial charge in [-0.1, -0.05) is 29.6 Å². The quantitative estimate of drug-likeness (QED) is 0.739. The van der Waals surface area contributed by atoms with E-state index < -0.39 is 0 Å². The van der Waals surface area contributed by atoms with Crippen LogP contribution >= 0.6 is 23.2 Å². The van der Waals surface area contributed by atoms with Gasteiger partial charge in [0.15, 0.2) is 0 Å². The maximum absolute atomic E-state index is 12.7. The van der Waals surface area contributed by atoms with Crippen LogP contribution in [0.25, 0.3) is 0 Å². The number of carbonyl (C=O) groups excluding carboxylic acids is 1. The molecule has 3 rings (SSSR count). The molecule has 2 atom stereocenters. The molecular formula is C14H16Cl2N2O. The molecule has 0 radical (unpaired) electrons. The summed E-state index contributed by atoms with van der Waals surface area (Å²) in [5, 5.41) is 0.697. The van der Waals surface area contributed by atoms with E-state index in [1.807, 2.05) is 4.90 Å². The normalized spacial score (nSPS) is 26.3. The van der Waals surface area contributed by atoms with E-state index >= 15 is 0 Å². The van der Waals surface area contributed by atoms with Gasteiger partial charge in [0.25, 0.3) is 5.91 Å². The minimum Gasteiger partial charge on any atom is -0.335 e. The van der Waals surface area contributed by atoms with Crippen molar-refractivity contribution in [1.82, 2.24) is 9.88 Å². The Balaban J connectivity index is 1.88. The Morgan fingerprint density at radius 1 is 1.26 bits per heavy atom. The first-order valence-corrected chi connectivity index (χ1v) is 7.54. The van der Waals surface area contributed by atoms with Crippen LogP contribution in [0.2, 0.25) is 10.2 Å².